The molecular weight excluding hydrogens is 248 g/mol. The van der Waals surface area contributed by atoms with Gasteiger partial charge in [0, 0.05) is 25.1 Å². The fourth-order valence-corrected chi connectivity index (χ4v) is 3.54. The highest BCUT2D eigenvalue weighted by atomic mass is 16.5. The van der Waals surface area contributed by atoms with Crippen LogP contribution in [0.3, 0.4) is 0 Å². The maximum atomic E-state index is 5.71. The van der Waals surface area contributed by atoms with Crippen molar-refractivity contribution in [2.45, 2.75) is 37.2 Å². The number of piperidine rings is 1. The van der Waals surface area contributed by atoms with E-state index in [1.807, 2.05) is 0 Å². The SMILES string of the molecule is c1ccc(C2(CNCC3CCCO3)CCNCC2)cc1. The summed E-state index contributed by atoms with van der Waals surface area (Å²) in [6.45, 7) is 5.26. The Balaban J connectivity index is 1.63. The van der Waals surface area contributed by atoms with Crippen LogP contribution in [0, 0.1) is 0 Å². The third kappa shape index (κ3) is 3.22. The first-order chi connectivity index (χ1) is 9.89. The van der Waals surface area contributed by atoms with Crippen LogP contribution in [-0.4, -0.2) is 38.9 Å². The Morgan fingerprint density at radius 1 is 1.20 bits per heavy atom. The zero-order chi connectivity index (χ0) is 13.7. The van der Waals surface area contributed by atoms with Crippen molar-refractivity contribution in [1.29, 1.82) is 0 Å². The molecule has 2 N–H and O–H groups in total. The van der Waals surface area contributed by atoms with Crippen LogP contribution in [0.2, 0.25) is 0 Å². The summed E-state index contributed by atoms with van der Waals surface area (Å²) >= 11 is 0. The molecule has 2 heterocycles. The van der Waals surface area contributed by atoms with Gasteiger partial charge in [0.2, 0.25) is 0 Å². The van der Waals surface area contributed by atoms with Crippen LogP contribution in [-0.2, 0) is 10.2 Å². The minimum atomic E-state index is 0.297. The molecule has 2 saturated heterocycles. The molecule has 1 atom stereocenters. The van der Waals surface area contributed by atoms with E-state index in [4.69, 9.17) is 4.74 Å². The summed E-state index contributed by atoms with van der Waals surface area (Å²) in [6.07, 6.45) is 5.31. The van der Waals surface area contributed by atoms with Gasteiger partial charge < -0.3 is 15.4 Å². The second-order valence-electron chi connectivity index (χ2n) is 6.16. The highest BCUT2D eigenvalue weighted by molar-refractivity contribution is 5.27. The summed E-state index contributed by atoms with van der Waals surface area (Å²) in [5.41, 5.74) is 1.78. The van der Waals surface area contributed by atoms with Crippen LogP contribution >= 0.6 is 0 Å². The lowest BCUT2D eigenvalue weighted by atomic mass is 9.73. The van der Waals surface area contributed by atoms with Gasteiger partial charge in [-0.3, -0.25) is 0 Å². The first-order valence-corrected chi connectivity index (χ1v) is 7.98. The van der Waals surface area contributed by atoms with Crippen molar-refractivity contribution in [3.63, 3.8) is 0 Å². The molecule has 3 heteroatoms. The van der Waals surface area contributed by atoms with Crippen LogP contribution in [0.4, 0.5) is 0 Å². The molecule has 2 aliphatic rings. The largest absolute Gasteiger partial charge is 0.377 e. The molecule has 0 saturated carbocycles. The molecule has 1 unspecified atom stereocenters. The second kappa shape index (κ2) is 6.70. The lowest BCUT2D eigenvalue weighted by Gasteiger charge is -2.38. The maximum Gasteiger partial charge on any atom is 0.0700 e. The van der Waals surface area contributed by atoms with Crippen LogP contribution in [0.1, 0.15) is 31.2 Å². The molecule has 0 aromatic heterocycles. The molecule has 0 radical (unpaired) electrons. The van der Waals surface area contributed by atoms with Gasteiger partial charge in [-0.1, -0.05) is 30.3 Å². The number of nitrogens with one attached hydrogen (secondary N) is 2. The van der Waals surface area contributed by atoms with Crippen molar-refractivity contribution in [3.8, 4) is 0 Å². The average molecular weight is 274 g/mol. The van der Waals surface area contributed by atoms with Crippen molar-refractivity contribution in [3.05, 3.63) is 35.9 Å². The predicted molar refractivity (Wildman–Crippen MR) is 82.1 cm³/mol. The predicted octanol–water partition coefficient (Wildman–Crippen LogP) is 2.08. The summed E-state index contributed by atoms with van der Waals surface area (Å²) in [4.78, 5) is 0. The highest BCUT2D eigenvalue weighted by Crippen LogP contribution is 2.32. The molecule has 0 bridgehead atoms. The summed E-state index contributed by atoms with van der Waals surface area (Å²) < 4.78 is 5.71. The molecule has 0 amide bonds. The number of hydrogen-bond acceptors (Lipinski definition) is 3. The molecule has 0 aliphatic carbocycles. The summed E-state index contributed by atoms with van der Waals surface area (Å²) in [5, 5.41) is 7.17. The topological polar surface area (TPSA) is 33.3 Å². The van der Waals surface area contributed by atoms with E-state index >= 15 is 0 Å². The molecule has 20 heavy (non-hydrogen) atoms. The minimum absolute atomic E-state index is 0.297. The van der Waals surface area contributed by atoms with Crippen molar-refractivity contribution in [1.82, 2.24) is 10.6 Å². The monoisotopic (exact) mass is 274 g/mol. The second-order valence-corrected chi connectivity index (χ2v) is 6.16. The summed E-state index contributed by atoms with van der Waals surface area (Å²) in [6, 6.07) is 11.0. The molecule has 2 aliphatic heterocycles. The quantitative estimate of drug-likeness (QED) is 0.862. The minimum Gasteiger partial charge on any atom is -0.377 e. The van der Waals surface area contributed by atoms with Crippen LogP contribution in [0.15, 0.2) is 30.3 Å². The third-order valence-corrected chi connectivity index (χ3v) is 4.81. The lowest BCUT2D eigenvalue weighted by molar-refractivity contribution is 0.107. The smallest absolute Gasteiger partial charge is 0.0700 e. The van der Waals surface area contributed by atoms with E-state index in [-0.39, 0.29) is 0 Å². The van der Waals surface area contributed by atoms with Crippen LogP contribution in [0.5, 0.6) is 0 Å². The van der Waals surface area contributed by atoms with Crippen molar-refractivity contribution in [2.75, 3.05) is 32.8 Å². The molecule has 3 nitrogen and oxygen atoms in total. The number of ether oxygens (including phenoxy) is 1. The van der Waals surface area contributed by atoms with Crippen LogP contribution in [0.25, 0.3) is 0 Å². The van der Waals surface area contributed by atoms with E-state index in [2.05, 4.69) is 41.0 Å². The molecule has 0 spiro atoms. The van der Waals surface area contributed by atoms with Crippen molar-refractivity contribution >= 4 is 0 Å². The molecule has 2 fully saturated rings. The molecule has 1 aromatic rings. The number of hydrogen-bond donors (Lipinski definition) is 2. The van der Waals surface area contributed by atoms with E-state index in [0.717, 1.165) is 32.8 Å². The van der Waals surface area contributed by atoms with E-state index < -0.39 is 0 Å². The Morgan fingerprint density at radius 3 is 2.70 bits per heavy atom. The Kier molecular flexibility index (Phi) is 4.71. The zero-order valence-corrected chi connectivity index (χ0v) is 12.2. The Labute approximate surface area is 122 Å². The first kappa shape index (κ1) is 14.1. The Hall–Kier alpha value is -0.900. The lowest BCUT2D eigenvalue weighted by Crippen LogP contribution is -2.47. The Morgan fingerprint density at radius 2 is 2.00 bits per heavy atom. The molecule has 110 valence electrons. The fourth-order valence-electron chi connectivity index (χ4n) is 3.54. The van der Waals surface area contributed by atoms with Gasteiger partial charge in [-0.15, -0.1) is 0 Å². The van der Waals surface area contributed by atoms with Crippen molar-refractivity contribution in [2.24, 2.45) is 0 Å². The number of rotatable bonds is 5. The van der Waals surface area contributed by atoms with E-state index in [1.165, 1.54) is 31.2 Å². The van der Waals surface area contributed by atoms with E-state index in [9.17, 15) is 0 Å². The number of benzene rings is 1. The first-order valence-electron chi connectivity index (χ1n) is 7.98. The van der Waals surface area contributed by atoms with Gasteiger partial charge in [0.1, 0.15) is 0 Å². The molecule has 1 aromatic carbocycles. The van der Waals surface area contributed by atoms with Gasteiger partial charge in [0.15, 0.2) is 0 Å². The zero-order valence-electron chi connectivity index (χ0n) is 12.2. The van der Waals surface area contributed by atoms with Gasteiger partial charge in [-0.2, -0.15) is 0 Å². The van der Waals surface area contributed by atoms with E-state index in [0.29, 0.717) is 11.5 Å². The van der Waals surface area contributed by atoms with Gasteiger partial charge in [-0.05, 0) is 44.3 Å². The normalized spacial score (nSPS) is 25.7. The fraction of sp³-hybridized carbons (Fsp3) is 0.647. The van der Waals surface area contributed by atoms with Crippen LogP contribution < -0.4 is 10.6 Å². The van der Waals surface area contributed by atoms with Gasteiger partial charge in [0.05, 0.1) is 6.10 Å². The van der Waals surface area contributed by atoms with E-state index in [1.54, 1.807) is 0 Å². The van der Waals surface area contributed by atoms with Gasteiger partial charge in [0.25, 0.3) is 0 Å². The van der Waals surface area contributed by atoms with Crippen molar-refractivity contribution < 1.29 is 4.74 Å². The summed E-state index contributed by atoms with van der Waals surface area (Å²) in [5.74, 6) is 0. The Bertz CT molecular complexity index is 395. The van der Waals surface area contributed by atoms with Gasteiger partial charge >= 0.3 is 0 Å². The third-order valence-electron chi connectivity index (χ3n) is 4.81. The maximum absolute atomic E-state index is 5.71. The summed E-state index contributed by atoms with van der Waals surface area (Å²) in [7, 11) is 0. The average Bonchev–Trinajstić information content (AvgIpc) is 3.02. The van der Waals surface area contributed by atoms with Gasteiger partial charge in [-0.25, -0.2) is 0 Å². The standard InChI is InChI=1S/C17H26N2O/c1-2-5-15(6-3-1)17(8-10-18-11-9-17)14-19-13-16-7-4-12-20-16/h1-3,5-6,16,18-19H,4,7-14H2. The molecular formula is C17H26N2O. The molecule has 3 rings (SSSR count). The highest BCUT2D eigenvalue weighted by Gasteiger charge is 2.33.